The second-order valence-electron chi connectivity index (χ2n) is 28.3. The Labute approximate surface area is 740 Å². The molecule has 0 unspecified atom stereocenters. The van der Waals surface area contributed by atoms with Gasteiger partial charge in [0.1, 0.15) is 59.9 Å². The summed E-state index contributed by atoms with van der Waals surface area (Å²) in [6.07, 6.45) is 48.0. The van der Waals surface area contributed by atoms with Crippen LogP contribution in [0.1, 0.15) is 175 Å². The van der Waals surface area contributed by atoms with E-state index < -0.39 is 83.6 Å². The molecule has 0 bridgehead atoms. The fourth-order valence-electron chi connectivity index (χ4n) is 12.7. The zero-order valence-corrected chi connectivity index (χ0v) is 71.7. The molecule has 0 spiro atoms. The molecule has 5 aromatic rings. The first kappa shape index (κ1) is 114. The Kier molecular flexibility index (Phi) is 62.0. The number of aryl methyl sites for hydroxylation is 2. The summed E-state index contributed by atoms with van der Waals surface area (Å²) < 4.78 is 16.3. The second kappa shape index (κ2) is 69.9. The summed E-state index contributed by atoms with van der Waals surface area (Å²) in [5, 5.41) is 117. The third-order valence-corrected chi connectivity index (χ3v) is 18.5. The van der Waals surface area contributed by atoms with Crippen molar-refractivity contribution in [1.29, 1.82) is 0 Å². The average molecular weight is 1790 g/mol. The van der Waals surface area contributed by atoms with E-state index in [9.17, 15) is 53.7 Å². The van der Waals surface area contributed by atoms with Crippen LogP contribution in [0, 0.1) is 0 Å². The van der Waals surface area contributed by atoms with Gasteiger partial charge in [-0.15, -0.1) is 0 Å². The van der Waals surface area contributed by atoms with Gasteiger partial charge in [-0.3, -0.25) is 19.1 Å². The predicted molar refractivity (Wildman–Crippen MR) is 442 cm³/mol. The number of aliphatic carboxylic acids is 14. The van der Waals surface area contributed by atoms with E-state index >= 15 is 0 Å². The lowest BCUT2D eigenvalue weighted by atomic mass is 10.0. The van der Waals surface area contributed by atoms with Crippen molar-refractivity contribution in [2.45, 2.75) is 161 Å². The fourth-order valence-corrected chi connectivity index (χ4v) is 12.7. The van der Waals surface area contributed by atoms with E-state index in [4.69, 9.17) is 94.5 Å². The normalized spacial score (nSPS) is 14.7. The standard InChI is InChI=1S/C17H23N2O.C13H12NO.2C10H18N.C8H14N.2C6H8N.3C4H4O4.4C2H2O4/c20-16(15-8-3-1-4-9-15)14-19-13-7-12-18-11-6-2-5-10-17(18)19;15-13(12-7-3-1-4-8-12)11-14-9-5-2-6-10-14;2*1-2-6-10-7-3-5-9-11(10)8-4-1;1-2-6-9-7-3-5-8(9)4-1;2*1-7-5-3-2-4-6-7;3*5-3(6)1-2-4(7)8;4*3-1(4)2(5)6/h1,3-4,8-9H,2,5-7,10-14H2;1-10H,11H2;2*1-9H2;1-7H2;2*2-6H,1H3;3*1-2H,(H,5,6)(H,7,8);4*(H,3,4)(H,5,6)/q7*+1;;;;;;;/p-7/b;;;;;;;3*2-1-;;;;. The number of amidine groups is 1. The molecule has 2 aromatic carbocycles. The van der Waals surface area contributed by atoms with Gasteiger partial charge < -0.3 is 105 Å². The molecule has 128 heavy (non-hydrogen) atoms. The second-order valence-corrected chi connectivity index (χ2v) is 28.3. The number of hydrogen-bond donors (Lipinski definition) is 7. The predicted octanol–water partition coefficient (Wildman–Crippen LogP) is -2.33. The number of carboxylic acids is 14. The third kappa shape index (κ3) is 60.9. The van der Waals surface area contributed by atoms with Gasteiger partial charge >= 0.3 is 41.8 Å². The molecule has 0 aliphatic carbocycles. The van der Waals surface area contributed by atoms with Gasteiger partial charge in [0.05, 0.1) is 37.5 Å². The van der Waals surface area contributed by atoms with E-state index in [1.807, 2.05) is 180 Å². The Bertz CT molecular complexity index is 4170. The van der Waals surface area contributed by atoms with Crippen LogP contribution >= 0.6 is 0 Å². The van der Waals surface area contributed by atoms with E-state index in [-0.39, 0.29) is 11.6 Å². The Hall–Kier alpha value is -14.5. The Balaban J connectivity index is 0.00000138. The Morgan fingerprint density at radius 3 is 0.828 bits per heavy atom. The number of hydrogen-bond acceptors (Lipinski definition) is 24. The van der Waals surface area contributed by atoms with Gasteiger partial charge in [0.2, 0.25) is 23.9 Å². The summed E-state index contributed by atoms with van der Waals surface area (Å²) in [6.45, 7) is 12.4. The highest BCUT2D eigenvalue weighted by molar-refractivity contribution is 6.27. The number of rotatable bonds is 12. The van der Waals surface area contributed by atoms with E-state index in [2.05, 4.69) is 23.2 Å². The lowest BCUT2D eigenvalue weighted by Crippen LogP contribution is -2.46. The van der Waals surface area contributed by atoms with Gasteiger partial charge in [0.25, 0.3) is 0 Å². The average Bonchev–Trinajstić information content (AvgIpc) is 1.39. The summed E-state index contributed by atoms with van der Waals surface area (Å²) in [4.78, 5) is 156. The minimum Gasteiger partial charge on any atom is -0.545 e. The van der Waals surface area contributed by atoms with Gasteiger partial charge in [0.15, 0.2) is 78.2 Å². The van der Waals surface area contributed by atoms with Gasteiger partial charge in [-0.2, -0.15) is 4.57 Å². The molecular weight excluding hydrogens is 1670 g/mol. The van der Waals surface area contributed by atoms with Crippen LogP contribution in [0.15, 0.2) is 189 Å². The van der Waals surface area contributed by atoms with E-state index in [1.165, 1.54) is 206 Å². The molecular formula is C90H114N8O30. The number of ketones is 2. The van der Waals surface area contributed by atoms with Crippen LogP contribution in [0.4, 0.5) is 0 Å². The van der Waals surface area contributed by atoms with Crippen molar-refractivity contribution in [2.75, 3.05) is 65.4 Å². The maximum atomic E-state index is 12.4. The third-order valence-electron chi connectivity index (χ3n) is 18.5. The first-order chi connectivity index (χ1) is 60.8. The summed E-state index contributed by atoms with van der Waals surface area (Å²) in [5.41, 5.74) is 6.89. The van der Waals surface area contributed by atoms with Crippen molar-refractivity contribution in [3.63, 3.8) is 0 Å². The first-order valence-electron chi connectivity index (χ1n) is 41.0. The molecule has 694 valence electrons. The van der Waals surface area contributed by atoms with Crippen molar-refractivity contribution in [1.82, 2.24) is 4.90 Å². The zero-order chi connectivity index (χ0) is 96.0. The molecule has 8 aliphatic heterocycles. The van der Waals surface area contributed by atoms with Crippen LogP contribution in [0.25, 0.3) is 0 Å². The van der Waals surface area contributed by atoms with Crippen LogP contribution < -0.4 is 49.4 Å². The first-order valence-corrected chi connectivity index (χ1v) is 41.0. The SMILES string of the molecule is C1CCC2=[N+](CC1)CCCC2.C1CCC2=[N+](CC1)CCCC2.C1CC[N+]2=C(C1)CCC2.C[n+]1ccccc1.C[n+]1ccccc1.O=C(CN1CCC[N+]2=C1CCCCC2)c1ccccc1.O=C(C[n+]1ccccc1)c1ccccc1.O=C([O-])/C=C\C(=O)O.O=C([O-])/C=C\C(=O)O.O=C([O-])/C=C\C(=O)O.O=C([O-])C(=O)O.O=C([O-])C(=O)O.O=C([O-])C(=O)O.O=C([O-])C(=O)O. The molecule has 0 saturated heterocycles. The van der Waals surface area contributed by atoms with Gasteiger partial charge in [-0.25, -0.2) is 56.4 Å². The molecule has 8 aliphatic rings. The summed E-state index contributed by atoms with van der Waals surface area (Å²) >= 11 is 0. The minimum atomic E-state index is -2.07. The summed E-state index contributed by atoms with van der Waals surface area (Å²) in [7, 11) is 4.00. The van der Waals surface area contributed by atoms with E-state index in [0.29, 0.717) is 49.5 Å². The maximum absolute atomic E-state index is 12.4. The molecule has 0 fully saturated rings. The van der Waals surface area contributed by atoms with Crippen LogP contribution in [0.5, 0.6) is 0 Å². The van der Waals surface area contributed by atoms with Gasteiger partial charge in [0, 0.05) is 156 Å². The molecule has 38 nitrogen and oxygen atoms in total. The number of Topliss-reactive ketones (excluding diaryl/α,β-unsaturated/α-hetero) is 2. The number of nitrogens with zero attached hydrogens (tertiary/aromatic N) is 8. The molecule has 3 aromatic heterocycles. The van der Waals surface area contributed by atoms with Crippen LogP contribution in [-0.2, 0) is 87.8 Å². The minimum absolute atomic E-state index is 0.131. The van der Waals surface area contributed by atoms with Crippen molar-refractivity contribution in [3.05, 3.63) is 200 Å². The zero-order valence-electron chi connectivity index (χ0n) is 71.7. The number of carboxylic acid groups (broad SMARTS) is 14. The highest BCUT2D eigenvalue weighted by atomic mass is 16.5. The van der Waals surface area contributed by atoms with Gasteiger partial charge in [-0.1, -0.05) is 78.9 Å². The van der Waals surface area contributed by atoms with Crippen LogP contribution in [0.3, 0.4) is 0 Å². The lowest BCUT2D eigenvalue weighted by molar-refractivity contribution is -0.683. The highest BCUT2D eigenvalue weighted by Crippen LogP contribution is 2.20. The monoisotopic (exact) mass is 1790 g/mol. The molecule has 0 saturated carbocycles. The number of carbonyl (C=O) groups is 16. The lowest BCUT2D eigenvalue weighted by Gasteiger charge is -2.25. The number of benzene rings is 2. The van der Waals surface area contributed by atoms with Crippen molar-refractivity contribution < 1.29 is 180 Å². The van der Waals surface area contributed by atoms with Crippen molar-refractivity contribution in [2.24, 2.45) is 14.1 Å². The van der Waals surface area contributed by atoms with Crippen LogP contribution in [-0.4, -0.2) is 243 Å². The summed E-state index contributed by atoms with van der Waals surface area (Å²) in [6, 6.07) is 36.8. The highest BCUT2D eigenvalue weighted by Gasteiger charge is 2.31. The van der Waals surface area contributed by atoms with Crippen LogP contribution in [0.2, 0.25) is 0 Å². The van der Waals surface area contributed by atoms with Gasteiger partial charge in [-0.05, 0) is 82.4 Å². The number of aromatic nitrogens is 3. The Morgan fingerprint density at radius 2 is 0.547 bits per heavy atom. The molecule has 0 radical (unpaired) electrons. The molecule has 0 amide bonds. The molecule has 11 heterocycles. The topological polar surface area (TPSA) is 603 Å². The molecule has 38 heteroatoms. The van der Waals surface area contributed by atoms with Crippen molar-refractivity contribution in [3.8, 4) is 0 Å². The quantitative estimate of drug-likeness (QED) is 0.0298. The largest absolute Gasteiger partial charge is 0.545 e. The summed E-state index contributed by atoms with van der Waals surface area (Å²) in [5.74, 6) is -22.7. The maximum Gasteiger partial charge on any atom is 0.351 e. The van der Waals surface area contributed by atoms with E-state index in [1.54, 1.807) is 17.1 Å². The fraction of sp³-hybridized carbons (Fsp3) is 0.411. The number of carbonyl (C=O) groups excluding carboxylic acids is 9. The molecule has 13 rings (SSSR count). The Morgan fingerprint density at radius 1 is 0.297 bits per heavy atom. The van der Waals surface area contributed by atoms with Crippen molar-refractivity contribution >= 4 is 118 Å². The van der Waals surface area contributed by atoms with E-state index in [0.717, 1.165) is 24.1 Å². The molecule has 0 atom stereocenters. The smallest absolute Gasteiger partial charge is 0.351 e. The number of pyridine rings is 3. The molecule has 7 N–H and O–H groups in total.